The fourth-order valence-electron chi connectivity index (χ4n) is 2.75. The minimum Gasteiger partial charge on any atom is -0.295 e. The summed E-state index contributed by atoms with van der Waals surface area (Å²) >= 11 is 0. The summed E-state index contributed by atoms with van der Waals surface area (Å²) in [7, 11) is 0. The average Bonchev–Trinajstić information content (AvgIpc) is 2.18. The van der Waals surface area contributed by atoms with Crippen molar-refractivity contribution in [1.29, 1.82) is 5.26 Å². The molecule has 0 N–H and O–H groups in total. The Balaban J connectivity index is 2.37. The number of carbonyl (C=O) groups excluding carboxylic acids is 1. The molecule has 2 aliphatic carbocycles. The van der Waals surface area contributed by atoms with Crippen LogP contribution in [0.2, 0.25) is 0 Å². The van der Waals surface area contributed by atoms with Gasteiger partial charge in [-0.15, -0.1) is 0 Å². The monoisotopic (exact) mass is 189 g/mol. The number of carbonyl (C=O) groups is 1. The minimum atomic E-state index is 0.000903. The summed E-state index contributed by atoms with van der Waals surface area (Å²) in [5, 5.41) is 9.10. The van der Waals surface area contributed by atoms with Crippen LogP contribution in [0, 0.1) is 22.7 Å². The smallest absolute Gasteiger partial charge is 0.155 e. The molecule has 0 aromatic heterocycles. The van der Waals surface area contributed by atoms with Gasteiger partial charge in [0.15, 0.2) is 5.78 Å². The molecule has 1 fully saturated rings. The van der Waals surface area contributed by atoms with Crippen LogP contribution in [0.15, 0.2) is 11.6 Å². The first-order valence-corrected chi connectivity index (χ1v) is 5.30. The number of allylic oxidation sites excluding steroid dienone is 2. The zero-order valence-corrected chi connectivity index (χ0v) is 8.55. The molecule has 2 nitrogen and oxygen atoms in total. The molecule has 2 heteroatoms. The van der Waals surface area contributed by atoms with Gasteiger partial charge in [-0.2, -0.15) is 5.26 Å². The van der Waals surface area contributed by atoms with Crippen molar-refractivity contribution in [2.75, 3.05) is 0 Å². The van der Waals surface area contributed by atoms with Gasteiger partial charge in [0.1, 0.15) is 0 Å². The van der Waals surface area contributed by atoms with E-state index >= 15 is 0 Å². The number of rotatable bonds is 0. The number of nitriles is 1. The molecule has 14 heavy (non-hydrogen) atoms. The van der Waals surface area contributed by atoms with E-state index in [9.17, 15) is 4.79 Å². The van der Waals surface area contributed by atoms with Crippen LogP contribution < -0.4 is 0 Å². The van der Waals surface area contributed by atoms with E-state index < -0.39 is 0 Å². The highest BCUT2D eigenvalue weighted by molar-refractivity contribution is 5.91. The summed E-state index contributed by atoms with van der Waals surface area (Å²) in [6.07, 6.45) is 6.37. The molecule has 0 aliphatic heterocycles. The Hall–Kier alpha value is -1.10. The molecular weight excluding hydrogens is 174 g/mol. The van der Waals surface area contributed by atoms with Gasteiger partial charge in [0.05, 0.1) is 12.0 Å². The molecule has 2 atom stereocenters. The first-order chi connectivity index (χ1) is 6.66. The maximum atomic E-state index is 11.3. The Morgan fingerprint density at radius 2 is 2.36 bits per heavy atom. The third-order valence-electron chi connectivity index (χ3n) is 3.82. The number of hydrogen-bond acceptors (Lipinski definition) is 2. The van der Waals surface area contributed by atoms with Gasteiger partial charge < -0.3 is 0 Å². The second kappa shape index (κ2) is 3.24. The number of ketones is 1. The summed E-state index contributed by atoms with van der Waals surface area (Å²) in [5.41, 5.74) is 1.23. The SMILES string of the molecule is C[C@@]12CCC(=O)C=C1CCC[C@@H]2C#N. The van der Waals surface area contributed by atoms with E-state index in [0.717, 1.165) is 25.7 Å². The Morgan fingerprint density at radius 3 is 3.07 bits per heavy atom. The van der Waals surface area contributed by atoms with Gasteiger partial charge in [-0.3, -0.25) is 4.79 Å². The van der Waals surface area contributed by atoms with Crippen molar-refractivity contribution in [3.63, 3.8) is 0 Å². The molecule has 2 aliphatic rings. The van der Waals surface area contributed by atoms with E-state index in [1.807, 2.05) is 0 Å². The van der Waals surface area contributed by atoms with Gasteiger partial charge in [0.25, 0.3) is 0 Å². The minimum absolute atomic E-state index is 0.000903. The summed E-state index contributed by atoms with van der Waals surface area (Å²) in [6.45, 7) is 2.15. The molecule has 0 bridgehead atoms. The Bertz CT molecular complexity index is 337. The maximum Gasteiger partial charge on any atom is 0.155 e. The summed E-state index contributed by atoms with van der Waals surface area (Å²) < 4.78 is 0. The summed E-state index contributed by atoms with van der Waals surface area (Å²) in [6, 6.07) is 2.41. The third-order valence-corrected chi connectivity index (χ3v) is 3.82. The van der Waals surface area contributed by atoms with E-state index in [-0.39, 0.29) is 17.1 Å². The number of nitrogens with zero attached hydrogens (tertiary/aromatic N) is 1. The first kappa shape index (κ1) is 9.45. The lowest BCUT2D eigenvalue weighted by Crippen LogP contribution is -2.35. The van der Waals surface area contributed by atoms with Crippen LogP contribution in [0.3, 0.4) is 0 Å². The normalized spacial score (nSPS) is 37.0. The van der Waals surface area contributed by atoms with Crippen LogP contribution in [0.25, 0.3) is 0 Å². The van der Waals surface area contributed by atoms with Crippen molar-refractivity contribution in [2.24, 2.45) is 11.3 Å². The van der Waals surface area contributed by atoms with Crippen molar-refractivity contribution in [3.8, 4) is 6.07 Å². The molecule has 0 spiro atoms. The van der Waals surface area contributed by atoms with E-state index in [1.165, 1.54) is 5.57 Å². The van der Waals surface area contributed by atoms with Crippen molar-refractivity contribution >= 4 is 5.78 Å². The van der Waals surface area contributed by atoms with Gasteiger partial charge in [-0.05, 0) is 31.8 Å². The van der Waals surface area contributed by atoms with Crippen LogP contribution in [-0.4, -0.2) is 5.78 Å². The third kappa shape index (κ3) is 1.28. The van der Waals surface area contributed by atoms with Crippen LogP contribution >= 0.6 is 0 Å². The van der Waals surface area contributed by atoms with Crippen LogP contribution in [0.5, 0.6) is 0 Å². The molecule has 0 heterocycles. The van der Waals surface area contributed by atoms with Gasteiger partial charge in [-0.1, -0.05) is 12.5 Å². The lowest BCUT2D eigenvalue weighted by Gasteiger charge is -2.42. The first-order valence-electron chi connectivity index (χ1n) is 5.30. The predicted octanol–water partition coefficient (Wildman–Crippen LogP) is 2.61. The average molecular weight is 189 g/mol. The van der Waals surface area contributed by atoms with E-state index in [1.54, 1.807) is 6.08 Å². The predicted molar refractivity (Wildman–Crippen MR) is 53.4 cm³/mol. The maximum absolute atomic E-state index is 11.3. The zero-order chi connectivity index (χ0) is 10.2. The fourth-order valence-corrected chi connectivity index (χ4v) is 2.75. The van der Waals surface area contributed by atoms with Gasteiger partial charge >= 0.3 is 0 Å². The lowest BCUT2D eigenvalue weighted by atomic mass is 9.60. The molecule has 2 rings (SSSR count). The highest BCUT2D eigenvalue weighted by Gasteiger charge is 2.42. The van der Waals surface area contributed by atoms with Crippen molar-refractivity contribution in [1.82, 2.24) is 0 Å². The molecule has 1 saturated carbocycles. The van der Waals surface area contributed by atoms with E-state index in [4.69, 9.17) is 5.26 Å². The van der Waals surface area contributed by atoms with Crippen LogP contribution in [-0.2, 0) is 4.79 Å². The number of fused-ring (bicyclic) bond motifs is 1. The van der Waals surface area contributed by atoms with E-state index in [0.29, 0.717) is 6.42 Å². The molecule has 74 valence electrons. The van der Waals surface area contributed by atoms with E-state index in [2.05, 4.69) is 13.0 Å². The van der Waals surface area contributed by atoms with Crippen LogP contribution in [0.4, 0.5) is 0 Å². The number of hydrogen-bond donors (Lipinski definition) is 0. The quantitative estimate of drug-likeness (QED) is 0.587. The summed E-state index contributed by atoms with van der Waals surface area (Å²) in [5.74, 6) is 0.367. The molecule has 0 unspecified atom stereocenters. The topological polar surface area (TPSA) is 40.9 Å². The van der Waals surface area contributed by atoms with Crippen molar-refractivity contribution < 1.29 is 4.79 Å². The molecule has 0 saturated heterocycles. The fraction of sp³-hybridized carbons (Fsp3) is 0.667. The molecule has 0 aromatic rings. The Kier molecular flexibility index (Phi) is 2.19. The second-order valence-corrected chi connectivity index (χ2v) is 4.63. The standard InChI is InChI=1S/C12H15NO/c1-12-6-5-11(14)7-9(12)3-2-4-10(12)8-13/h7,10H,2-6H2,1H3/t10-,12-/m1/s1. The van der Waals surface area contributed by atoms with Crippen molar-refractivity contribution in [2.45, 2.75) is 39.0 Å². The largest absolute Gasteiger partial charge is 0.295 e. The summed E-state index contributed by atoms with van der Waals surface area (Å²) in [4.78, 5) is 11.3. The van der Waals surface area contributed by atoms with Gasteiger partial charge in [0, 0.05) is 11.8 Å². The molecule has 0 amide bonds. The van der Waals surface area contributed by atoms with Crippen LogP contribution in [0.1, 0.15) is 39.0 Å². The second-order valence-electron chi connectivity index (χ2n) is 4.63. The molecule has 0 aromatic carbocycles. The Morgan fingerprint density at radius 1 is 1.57 bits per heavy atom. The molecular formula is C12H15NO. The highest BCUT2D eigenvalue weighted by atomic mass is 16.1. The molecule has 0 radical (unpaired) electrons. The highest BCUT2D eigenvalue weighted by Crippen LogP contribution is 2.49. The lowest BCUT2D eigenvalue weighted by molar-refractivity contribution is -0.116. The Labute approximate surface area is 84.6 Å². The van der Waals surface area contributed by atoms with Gasteiger partial charge in [0.2, 0.25) is 0 Å². The van der Waals surface area contributed by atoms with Crippen molar-refractivity contribution in [3.05, 3.63) is 11.6 Å². The zero-order valence-electron chi connectivity index (χ0n) is 8.55. The van der Waals surface area contributed by atoms with Gasteiger partial charge in [-0.25, -0.2) is 0 Å².